The number of hydrogen-bond donors (Lipinski definition) is 2. The van der Waals surface area contributed by atoms with Crippen molar-refractivity contribution in [3.05, 3.63) is 52.2 Å². The fraction of sp³-hybridized carbons (Fsp3) is 0.312. The Hall–Kier alpha value is -1.85. The maximum atomic E-state index is 5.97. The lowest BCUT2D eigenvalue weighted by molar-refractivity contribution is -0.0374. The van der Waals surface area contributed by atoms with Crippen LogP contribution in [0.1, 0.15) is 17.4 Å². The summed E-state index contributed by atoms with van der Waals surface area (Å²) in [6.07, 6.45) is 0.990. The predicted octanol–water partition coefficient (Wildman–Crippen LogP) is 2.96. The third kappa shape index (κ3) is 3.09. The molecule has 0 saturated heterocycles. The van der Waals surface area contributed by atoms with Crippen LogP contribution in [0.5, 0.6) is 0 Å². The average Bonchev–Trinajstić information content (AvgIpc) is 2.97. The van der Waals surface area contributed by atoms with Gasteiger partial charge in [0, 0.05) is 17.0 Å². The molecule has 0 bridgehead atoms. The first kappa shape index (κ1) is 14.1. The first-order valence-electron chi connectivity index (χ1n) is 7.00. The quantitative estimate of drug-likeness (QED) is 0.677. The third-order valence-corrected chi connectivity index (χ3v) is 4.64. The topological polar surface area (TPSA) is 59.6 Å². The van der Waals surface area contributed by atoms with Gasteiger partial charge in [-0.05, 0) is 36.1 Å². The molecule has 1 atom stereocenters. The highest BCUT2D eigenvalue weighted by Gasteiger charge is 2.33. The van der Waals surface area contributed by atoms with Crippen molar-refractivity contribution < 1.29 is 4.74 Å². The van der Waals surface area contributed by atoms with Gasteiger partial charge in [0.05, 0.1) is 13.2 Å². The zero-order chi connectivity index (χ0) is 14.7. The minimum atomic E-state index is -0.378. The van der Waals surface area contributed by atoms with Crippen LogP contribution in [0.25, 0.3) is 0 Å². The summed E-state index contributed by atoms with van der Waals surface area (Å²) >= 11 is 1.79. The van der Waals surface area contributed by atoms with Crippen molar-refractivity contribution in [2.24, 2.45) is 10.7 Å². The number of anilines is 1. The Bertz CT molecular complexity index is 638. The zero-order valence-corrected chi connectivity index (χ0v) is 12.8. The molecule has 0 fully saturated rings. The minimum absolute atomic E-state index is 0.378. The lowest BCUT2D eigenvalue weighted by Gasteiger charge is -2.33. The molecule has 1 aliphatic rings. The van der Waals surface area contributed by atoms with Crippen LogP contribution in [0, 0.1) is 0 Å². The maximum Gasteiger partial charge on any atom is 0.193 e. The molecule has 1 aromatic heterocycles. The second-order valence-electron chi connectivity index (χ2n) is 5.28. The SMILES string of the molecule is CC1(CN=C(N)Nc2ccccc2)OCCc2sccc21. The summed E-state index contributed by atoms with van der Waals surface area (Å²) in [5, 5.41) is 5.21. The second kappa shape index (κ2) is 5.87. The summed E-state index contributed by atoms with van der Waals surface area (Å²) in [5.74, 6) is 0.411. The highest BCUT2D eigenvalue weighted by Crippen LogP contribution is 2.36. The number of guanidine groups is 1. The fourth-order valence-electron chi connectivity index (χ4n) is 2.53. The van der Waals surface area contributed by atoms with Crippen molar-refractivity contribution in [2.45, 2.75) is 18.9 Å². The van der Waals surface area contributed by atoms with Gasteiger partial charge in [0.25, 0.3) is 0 Å². The highest BCUT2D eigenvalue weighted by molar-refractivity contribution is 7.10. The van der Waals surface area contributed by atoms with E-state index in [0.29, 0.717) is 12.5 Å². The zero-order valence-electron chi connectivity index (χ0n) is 12.0. The Balaban J connectivity index is 1.71. The number of hydrogen-bond acceptors (Lipinski definition) is 3. The van der Waals surface area contributed by atoms with Gasteiger partial charge >= 0.3 is 0 Å². The summed E-state index contributed by atoms with van der Waals surface area (Å²) in [6.45, 7) is 3.34. The minimum Gasteiger partial charge on any atom is -0.370 e. The van der Waals surface area contributed by atoms with Crippen LogP contribution in [0.2, 0.25) is 0 Å². The number of benzene rings is 1. The molecule has 3 N–H and O–H groups in total. The smallest absolute Gasteiger partial charge is 0.193 e. The summed E-state index contributed by atoms with van der Waals surface area (Å²) < 4.78 is 5.97. The van der Waals surface area contributed by atoms with Crippen LogP contribution in [-0.2, 0) is 16.8 Å². The Kier molecular flexibility index (Phi) is 3.94. The second-order valence-corrected chi connectivity index (χ2v) is 6.28. The summed E-state index contributed by atoms with van der Waals surface area (Å²) in [5.41, 5.74) is 7.76. The molecule has 4 nitrogen and oxygen atoms in total. The van der Waals surface area contributed by atoms with Crippen molar-refractivity contribution in [1.82, 2.24) is 0 Å². The van der Waals surface area contributed by atoms with E-state index >= 15 is 0 Å². The number of aliphatic imine (C=N–C) groups is 1. The van der Waals surface area contributed by atoms with Gasteiger partial charge in [0.1, 0.15) is 5.60 Å². The normalized spacial score (nSPS) is 21.9. The van der Waals surface area contributed by atoms with Gasteiger partial charge in [-0.3, -0.25) is 0 Å². The Morgan fingerprint density at radius 1 is 1.38 bits per heavy atom. The van der Waals surface area contributed by atoms with Crippen LogP contribution in [-0.4, -0.2) is 19.1 Å². The average molecular weight is 301 g/mol. The van der Waals surface area contributed by atoms with E-state index in [0.717, 1.165) is 18.7 Å². The van der Waals surface area contributed by atoms with E-state index in [1.807, 2.05) is 30.3 Å². The van der Waals surface area contributed by atoms with Crippen LogP contribution in [0.3, 0.4) is 0 Å². The Labute approximate surface area is 128 Å². The number of nitrogens with one attached hydrogen (secondary N) is 1. The first-order valence-corrected chi connectivity index (χ1v) is 7.88. The molecule has 0 aliphatic carbocycles. The van der Waals surface area contributed by atoms with Crippen molar-refractivity contribution in [2.75, 3.05) is 18.5 Å². The maximum absolute atomic E-state index is 5.97. The van der Waals surface area contributed by atoms with Crippen molar-refractivity contribution >= 4 is 23.0 Å². The molecule has 0 saturated carbocycles. The molecule has 21 heavy (non-hydrogen) atoms. The van der Waals surface area contributed by atoms with Gasteiger partial charge < -0.3 is 15.8 Å². The lowest BCUT2D eigenvalue weighted by Crippen LogP contribution is -2.36. The van der Waals surface area contributed by atoms with E-state index in [-0.39, 0.29) is 5.60 Å². The highest BCUT2D eigenvalue weighted by atomic mass is 32.1. The molecule has 5 heteroatoms. The van der Waals surface area contributed by atoms with E-state index in [1.165, 1.54) is 10.4 Å². The molecule has 0 spiro atoms. The Morgan fingerprint density at radius 2 is 2.19 bits per heavy atom. The van der Waals surface area contributed by atoms with Crippen molar-refractivity contribution in [3.63, 3.8) is 0 Å². The largest absolute Gasteiger partial charge is 0.370 e. The predicted molar refractivity (Wildman–Crippen MR) is 87.9 cm³/mol. The van der Waals surface area contributed by atoms with E-state index in [2.05, 4.69) is 28.7 Å². The van der Waals surface area contributed by atoms with Crippen LogP contribution >= 0.6 is 11.3 Å². The number of nitrogens with zero attached hydrogens (tertiary/aromatic N) is 1. The van der Waals surface area contributed by atoms with Gasteiger partial charge in [-0.2, -0.15) is 0 Å². The number of nitrogens with two attached hydrogens (primary N) is 1. The standard InChI is InChI=1S/C16H19N3OS/c1-16(13-8-10-21-14(13)7-9-20-16)11-18-15(17)19-12-5-3-2-4-6-12/h2-6,8,10H,7,9,11H2,1H3,(H3,17,18,19). The monoisotopic (exact) mass is 301 g/mol. The molecule has 0 amide bonds. The molecule has 2 aromatic rings. The fourth-order valence-corrected chi connectivity index (χ4v) is 3.51. The van der Waals surface area contributed by atoms with Crippen LogP contribution in [0.4, 0.5) is 5.69 Å². The van der Waals surface area contributed by atoms with E-state index < -0.39 is 0 Å². The van der Waals surface area contributed by atoms with Crippen LogP contribution in [0.15, 0.2) is 46.8 Å². The van der Waals surface area contributed by atoms with Gasteiger partial charge in [-0.25, -0.2) is 4.99 Å². The molecule has 110 valence electrons. The molecule has 1 aliphatic heterocycles. The first-order chi connectivity index (χ1) is 10.2. The van der Waals surface area contributed by atoms with Gasteiger partial charge in [-0.15, -0.1) is 11.3 Å². The molecule has 3 rings (SSSR count). The summed E-state index contributed by atoms with van der Waals surface area (Å²) in [4.78, 5) is 5.85. The van der Waals surface area contributed by atoms with Crippen LogP contribution < -0.4 is 11.1 Å². The summed E-state index contributed by atoms with van der Waals surface area (Å²) in [6, 6.07) is 11.9. The van der Waals surface area contributed by atoms with E-state index in [9.17, 15) is 0 Å². The number of rotatable bonds is 3. The van der Waals surface area contributed by atoms with Gasteiger partial charge in [0.2, 0.25) is 0 Å². The lowest BCUT2D eigenvalue weighted by atomic mass is 9.93. The number of fused-ring (bicyclic) bond motifs is 1. The van der Waals surface area contributed by atoms with Crippen molar-refractivity contribution in [3.8, 4) is 0 Å². The van der Waals surface area contributed by atoms with E-state index in [4.69, 9.17) is 10.5 Å². The van der Waals surface area contributed by atoms with Crippen molar-refractivity contribution in [1.29, 1.82) is 0 Å². The van der Waals surface area contributed by atoms with Gasteiger partial charge in [0.15, 0.2) is 5.96 Å². The Morgan fingerprint density at radius 3 is 3.00 bits per heavy atom. The number of thiophene rings is 1. The number of para-hydroxylation sites is 1. The molecule has 2 heterocycles. The third-order valence-electron chi connectivity index (χ3n) is 3.66. The molecular formula is C16H19N3OS. The van der Waals surface area contributed by atoms with E-state index in [1.54, 1.807) is 11.3 Å². The molecule has 1 unspecified atom stereocenters. The van der Waals surface area contributed by atoms with Gasteiger partial charge in [-0.1, -0.05) is 18.2 Å². The molecule has 1 aromatic carbocycles. The summed E-state index contributed by atoms with van der Waals surface area (Å²) in [7, 11) is 0. The molecule has 0 radical (unpaired) electrons. The molecular weight excluding hydrogens is 282 g/mol. The number of ether oxygens (including phenoxy) is 1.